The highest BCUT2D eigenvalue weighted by Gasteiger charge is 2.13. The first-order valence-electron chi connectivity index (χ1n) is 5.72. The zero-order valence-corrected chi connectivity index (χ0v) is 10.1. The number of aromatic nitrogens is 2. The second-order valence-electron chi connectivity index (χ2n) is 4.03. The van der Waals surface area contributed by atoms with Crippen LogP contribution in [0.3, 0.4) is 0 Å². The fraction of sp³-hybridized carbons (Fsp3) is 0.154. The van der Waals surface area contributed by atoms with Gasteiger partial charge in [-0.15, -0.1) is 0 Å². The van der Waals surface area contributed by atoms with Crippen molar-refractivity contribution in [3.63, 3.8) is 0 Å². The number of benzene rings is 1. The van der Waals surface area contributed by atoms with Gasteiger partial charge >= 0.3 is 11.7 Å². The lowest BCUT2D eigenvalue weighted by Crippen LogP contribution is -2.28. The van der Waals surface area contributed by atoms with E-state index in [2.05, 4.69) is 4.98 Å². The second kappa shape index (κ2) is 5.34. The average Bonchev–Trinajstić information content (AvgIpc) is 2.39. The van der Waals surface area contributed by atoms with Gasteiger partial charge in [0.15, 0.2) is 0 Å². The Morgan fingerprint density at radius 2 is 2.00 bits per heavy atom. The van der Waals surface area contributed by atoms with E-state index in [1.54, 1.807) is 0 Å². The van der Waals surface area contributed by atoms with Crippen molar-refractivity contribution in [1.29, 1.82) is 0 Å². The zero-order valence-electron chi connectivity index (χ0n) is 10.1. The third kappa shape index (κ3) is 2.79. The van der Waals surface area contributed by atoms with Gasteiger partial charge in [0.05, 0.1) is 6.20 Å². The normalized spacial score (nSPS) is 10.3. The van der Waals surface area contributed by atoms with Gasteiger partial charge in [0.25, 0.3) is 0 Å². The maximum absolute atomic E-state index is 11.6. The van der Waals surface area contributed by atoms with E-state index >= 15 is 0 Å². The van der Waals surface area contributed by atoms with Crippen molar-refractivity contribution in [3.8, 4) is 0 Å². The molecule has 0 saturated heterocycles. The van der Waals surface area contributed by atoms with Crippen LogP contribution in [-0.2, 0) is 13.0 Å². The minimum Gasteiger partial charge on any atom is -0.478 e. The highest BCUT2D eigenvalue weighted by Crippen LogP contribution is 2.09. The van der Waals surface area contributed by atoms with Gasteiger partial charge in [0, 0.05) is 6.54 Å². The predicted octanol–water partition coefficient (Wildman–Crippen LogP) is 0.766. The van der Waals surface area contributed by atoms with Crippen molar-refractivity contribution in [3.05, 3.63) is 58.1 Å². The van der Waals surface area contributed by atoms with Crippen LogP contribution >= 0.6 is 0 Å². The Morgan fingerprint density at radius 3 is 2.63 bits per heavy atom. The number of hydrogen-bond donors (Lipinski definition) is 2. The molecule has 2 rings (SSSR count). The van der Waals surface area contributed by atoms with Crippen molar-refractivity contribution in [2.24, 2.45) is 0 Å². The molecule has 2 aromatic rings. The maximum Gasteiger partial charge on any atom is 0.349 e. The van der Waals surface area contributed by atoms with Crippen LogP contribution in [0.5, 0.6) is 0 Å². The predicted molar refractivity (Wildman–Crippen MR) is 70.0 cm³/mol. The average molecular weight is 259 g/mol. The molecule has 0 unspecified atom stereocenters. The van der Waals surface area contributed by atoms with E-state index in [0.717, 1.165) is 11.8 Å². The van der Waals surface area contributed by atoms with Crippen molar-refractivity contribution in [2.75, 3.05) is 5.73 Å². The lowest BCUT2D eigenvalue weighted by molar-refractivity contribution is 0.0696. The van der Waals surface area contributed by atoms with Gasteiger partial charge in [-0.1, -0.05) is 30.3 Å². The standard InChI is InChI=1S/C13H13N3O3/c14-11-10(12(17)18)8-15-13(19)16(11)7-6-9-4-2-1-3-5-9/h1-5,8H,6-7,14H2,(H,17,18). The van der Waals surface area contributed by atoms with Gasteiger partial charge in [-0.25, -0.2) is 14.6 Å². The van der Waals surface area contributed by atoms with Crippen LogP contribution in [0.2, 0.25) is 0 Å². The highest BCUT2D eigenvalue weighted by molar-refractivity contribution is 5.92. The first kappa shape index (κ1) is 12.8. The summed E-state index contributed by atoms with van der Waals surface area (Å²) in [6.07, 6.45) is 1.56. The van der Waals surface area contributed by atoms with E-state index in [-0.39, 0.29) is 11.4 Å². The SMILES string of the molecule is Nc1c(C(=O)O)cnc(=O)n1CCc1ccccc1. The third-order valence-electron chi connectivity index (χ3n) is 2.80. The van der Waals surface area contributed by atoms with E-state index < -0.39 is 11.7 Å². The van der Waals surface area contributed by atoms with E-state index in [4.69, 9.17) is 10.8 Å². The number of aromatic carboxylic acids is 1. The minimum atomic E-state index is -1.20. The van der Waals surface area contributed by atoms with E-state index in [0.29, 0.717) is 13.0 Å². The van der Waals surface area contributed by atoms with Crippen LogP contribution in [0, 0.1) is 0 Å². The van der Waals surface area contributed by atoms with Gasteiger partial charge < -0.3 is 10.8 Å². The first-order chi connectivity index (χ1) is 9.09. The summed E-state index contributed by atoms with van der Waals surface area (Å²) in [4.78, 5) is 26.1. The molecule has 0 saturated carbocycles. The van der Waals surface area contributed by atoms with E-state index in [9.17, 15) is 9.59 Å². The summed E-state index contributed by atoms with van der Waals surface area (Å²) < 4.78 is 1.18. The summed E-state index contributed by atoms with van der Waals surface area (Å²) in [7, 11) is 0. The Hall–Kier alpha value is -2.63. The Morgan fingerprint density at radius 1 is 1.32 bits per heavy atom. The number of aryl methyl sites for hydroxylation is 1. The van der Waals surface area contributed by atoms with Gasteiger partial charge in [0.2, 0.25) is 0 Å². The molecule has 1 heterocycles. The van der Waals surface area contributed by atoms with E-state index in [1.807, 2.05) is 30.3 Å². The van der Waals surface area contributed by atoms with Crippen molar-refractivity contribution < 1.29 is 9.90 Å². The fourth-order valence-corrected chi connectivity index (χ4v) is 1.77. The molecule has 98 valence electrons. The Balaban J connectivity index is 2.27. The fourth-order valence-electron chi connectivity index (χ4n) is 1.77. The maximum atomic E-state index is 11.6. The third-order valence-corrected chi connectivity index (χ3v) is 2.80. The molecule has 0 radical (unpaired) electrons. The lowest BCUT2D eigenvalue weighted by atomic mass is 10.1. The second-order valence-corrected chi connectivity index (χ2v) is 4.03. The molecule has 0 atom stereocenters. The van der Waals surface area contributed by atoms with Crippen LogP contribution < -0.4 is 11.4 Å². The van der Waals surface area contributed by atoms with Crippen LogP contribution in [0.15, 0.2) is 41.3 Å². The van der Waals surface area contributed by atoms with Crippen molar-refractivity contribution >= 4 is 11.8 Å². The Labute approximate surface area is 109 Å². The molecule has 1 aromatic heterocycles. The summed E-state index contributed by atoms with van der Waals surface area (Å²) in [6, 6.07) is 9.54. The minimum absolute atomic E-state index is 0.0663. The van der Waals surface area contributed by atoms with Gasteiger partial charge in [0.1, 0.15) is 11.4 Å². The number of hydrogen-bond acceptors (Lipinski definition) is 4. The number of carboxylic acid groups (broad SMARTS) is 1. The van der Waals surface area contributed by atoms with Gasteiger partial charge in [-0.05, 0) is 12.0 Å². The van der Waals surface area contributed by atoms with E-state index in [1.165, 1.54) is 4.57 Å². The molecule has 1 aromatic carbocycles. The van der Waals surface area contributed by atoms with Crippen LogP contribution in [0.25, 0.3) is 0 Å². The highest BCUT2D eigenvalue weighted by atomic mass is 16.4. The number of rotatable bonds is 4. The number of nitrogen functional groups attached to an aromatic ring is 1. The van der Waals surface area contributed by atoms with Gasteiger partial charge in [-0.2, -0.15) is 0 Å². The van der Waals surface area contributed by atoms with Crippen LogP contribution in [0.1, 0.15) is 15.9 Å². The molecule has 0 bridgehead atoms. The Bertz CT molecular complexity index is 650. The molecule has 0 spiro atoms. The quantitative estimate of drug-likeness (QED) is 0.844. The summed E-state index contributed by atoms with van der Waals surface area (Å²) >= 11 is 0. The summed E-state index contributed by atoms with van der Waals surface area (Å²) in [6.45, 7) is 0.294. The zero-order chi connectivity index (χ0) is 13.8. The molecule has 19 heavy (non-hydrogen) atoms. The van der Waals surface area contributed by atoms with Crippen molar-refractivity contribution in [2.45, 2.75) is 13.0 Å². The molecule has 0 aliphatic carbocycles. The topological polar surface area (TPSA) is 98.2 Å². The molecule has 0 amide bonds. The molecule has 0 aliphatic rings. The summed E-state index contributed by atoms with van der Waals surface area (Å²) in [5.74, 6) is -1.26. The van der Waals surface area contributed by atoms with Crippen LogP contribution in [0.4, 0.5) is 5.82 Å². The number of anilines is 1. The monoisotopic (exact) mass is 259 g/mol. The molecular formula is C13H13N3O3. The van der Waals surface area contributed by atoms with Crippen molar-refractivity contribution in [1.82, 2.24) is 9.55 Å². The van der Waals surface area contributed by atoms with Crippen LogP contribution in [-0.4, -0.2) is 20.6 Å². The molecule has 0 aliphatic heterocycles. The van der Waals surface area contributed by atoms with Gasteiger partial charge in [-0.3, -0.25) is 4.57 Å². The molecule has 6 heteroatoms. The summed E-state index contributed by atoms with van der Waals surface area (Å²) in [5.41, 5.74) is 6.03. The largest absolute Gasteiger partial charge is 0.478 e. The Kier molecular flexibility index (Phi) is 3.61. The molecule has 6 nitrogen and oxygen atoms in total. The lowest BCUT2D eigenvalue weighted by Gasteiger charge is -2.10. The number of carboxylic acids is 1. The molecule has 0 fully saturated rings. The molecular weight excluding hydrogens is 246 g/mol. The number of nitrogens with zero attached hydrogens (tertiary/aromatic N) is 2. The number of nitrogens with two attached hydrogens (primary N) is 1. The molecule has 3 N–H and O–H groups in total. The first-order valence-corrected chi connectivity index (χ1v) is 5.72. The number of carbonyl (C=O) groups is 1. The summed E-state index contributed by atoms with van der Waals surface area (Å²) in [5, 5.41) is 8.93. The smallest absolute Gasteiger partial charge is 0.349 e.